The Bertz CT molecular complexity index is 3330. The molecule has 0 saturated carbocycles. The Morgan fingerprint density at radius 1 is 0.422 bits per heavy atom. The molecule has 7 heteroatoms. The van der Waals surface area contributed by atoms with E-state index in [9.17, 15) is 0 Å². The van der Waals surface area contributed by atoms with Gasteiger partial charge in [0.15, 0.2) is 5.54 Å². The van der Waals surface area contributed by atoms with Crippen molar-refractivity contribution in [1.82, 2.24) is 24.5 Å². The van der Waals surface area contributed by atoms with E-state index in [1.807, 2.05) is 66.9 Å². The first-order chi connectivity index (χ1) is 31.2. The molecule has 13 rings (SSSR count). The zero-order valence-electron chi connectivity index (χ0n) is 34.6. The number of aryl methyl sites for hydroxylation is 1. The molecule has 0 amide bonds. The molecule has 3 atom stereocenters. The van der Waals surface area contributed by atoms with Gasteiger partial charge >= 0.3 is 0 Å². The summed E-state index contributed by atoms with van der Waals surface area (Å²) in [6.45, 7) is 0. The molecule has 6 nitrogen and oxygen atoms in total. The largest absolute Gasteiger partial charge is 0.354 e. The molecule has 5 heterocycles. The van der Waals surface area contributed by atoms with Crippen LogP contribution in [-0.4, -0.2) is 24.5 Å². The summed E-state index contributed by atoms with van der Waals surface area (Å²) in [4.78, 5) is 20.8. The molecule has 3 unspecified atom stereocenters. The summed E-state index contributed by atoms with van der Waals surface area (Å²) < 4.78 is 4.14. The van der Waals surface area contributed by atoms with Crippen LogP contribution < -0.4 is 4.57 Å². The second kappa shape index (κ2) is 14.3. The van der Waals surface area contributed by atoms with Gasteiger partial charge in [-0.2, -0.15) is 48.5 Å². The maximum Gasteiger partial charge on any atom is 0.204 e. The van der Waals surface area contributed by atoms with Gasteiger partial charge in [-0.1, -0.05) is 97.1 Å². The summed E-state index contributed by atoms with van der Waals surface area (Å²) in [5, 5.41) is 0. The molecular formula is C57H36N6Pt-2. The van der Waals surface area contributed by atoms with Gasteiger partial charge in [0.1, 0.15) is 5.69 Å². The second-order valence-electron chi connectivity index (χ2n) is 16.6. The van der Waals surface area contributed by atoms with Crippen LogP contribution in [0.3, 0.4) is 0 Å². The van der Waals surface area contributed by atoms with Crippen LogP contribution in [0, 0.1) is 18.5 Å². The van der Waals surface area contributed by atoms with Gasteiger partial charge in [0.2, 0.25) is 6.33 Å². The number of rotatable bonds is 6. The predicted molar refractivity (Wildman–Crippen MR) is 242 cm³/mol. The van der Waals surface area contributed by atoms with Gasteiger partial charge in [0.05, 0.1) is 29.5 Å². The molecule has 0 fully saturated rings. The second-order valence-corrected chi connectivity index (χ2v) is 16.6. The van der Waals surface area contributed by atoms with E-state index in [0.717, 1.165) is 95.1 Å². The van der Waals surface area contributed by atoms with Crippen LogP contribution in [0.2, 0.25) is 0 Å². The maximum absolute atomic E-state index is 5.34. The number of aromatic nitrogens is 6. The average molecular weight is 1000 g/mol. The molecular weight excluding hydrogens is 964 g/mol. The fourth-order valence-corrected chi connectivity index (χ4v) is 11.2. The summed E-state index contributed by atoms with van der Waals surface area (Å²) >= 11 is 0. The first-order valence-electron chi connectivity index (χ1n) is 21.3. The van der Waals surface area contributed by atoms with Crippen LogP contribution >= 0.6 is 0 Å². The minimum atomic E-state index is -0.938. The molecule has 0 saturated heterocycles. The minimum absolute atomic E-state index is 0. The van der Waals surface area contributed by atoms with Crippen molar-refractivity contribution in [2.24, 2.45) is 7.05 Å². The van der Waals surface area contributed by atoms with E-state index in [1.54, 1.807) is 0 Å². The number of fused-ring (bicyclic) bond motifs is 9. The Morgan fingerprint density at radius 3 is 1.47 bits per heavy atom. The third-order valence-corrected chi connectivity index (χ3v) is 13.6. The molecule has 0 radical (unpaired) electrons. The third kappa shape index (κ3) is 4.86. The van der Waals surface area contributed by atoms with E-state index in [4.69, 9.17) is 19.9 Å². The Labute approximate surface area is 386 Å². The SMILES string of the molecule is C[n+]1[c-]n(C2(c3[c-]c(C4(c5[c-]c(C6(c7ccccn7)c7ccccc7-c7cccnc76)ccc5)c5ccccc5-c5cccnc54)ccc3)c3ccccc3-c3cccnc32)cc1.[Pt]. The molecule has 306 valence electrons. The topological polar surface area (TPSA) is 60.4 Å². The smallest absolute Gasteiger partial charge is 0.204 e. The maximum atomic E-state index is 5.34. The average Bonchev–Trinajstić information content (AvgIpc) is 4.09. The molecule has 3 aliphatic carbocycles. The number of imidazole rings is 1. The zero-order chi connectivity index (χ0) is 41.8. The van der Waals surface area contributed by atoms with Gasteiger partial charge < -0.3 is 9.13 Å². The van der Waals surface area contributed by atoms with Crippen molar-refractivity contribution in [3.05, 3.63) is 281 Å². The van der Waals surface area contributed by atoms with Gasteiger partial charge in [-0.15, -0.1) is 22.3 Å². The molecule has 3 aliphatic rings. The first-order valence-corrected chi connectivity index (χ1v) is 21.3. The van der Waals surface area contributed by atoms with Gasteiger partial charge in [0.25, 0.3) is 0 Å². The number of benzene rings is 5. The van der Waals surface area contributed by atoms with Crippen molar-refractivity contribution in [3.63, 3.8) is 0 Å². The Morgan fingerprint density at radius 2 is 0.875 bits per heavy atom. The monoisotopic (exact) mass is 999 g/mol. The molecule has 0 aliphatic heterocycles. The summed E-state index contributed by atoms with van der Waals surface area (Å²) in [7, 11) is 2.01. The first kappa shape index (κ1) is 38.3. The summed E-state index contributed by atoms with van der Waals surface area (Å²) in [5.41, 5.74) is 14.9. The quantitative estimate of drug-likeness (QED) is 0.123. The zero-order valence-corrected chi connectivity index (χ0v) is 36.8. The van der Waals surface area contributed by atoms with Crippen LogP contribution in [0.4, 0.5) is 0 Å². The Hall–Kier alpha value is -7.40. The van der Waals surface area contributed by atoms with Crippen LogP contribution in [0.15, 0.2) is 201 Å². The number of hydrogen-bond acceptors (Lipinski definition) is 4. The van der Waals surface area contributed by atoms with Crippen LogP contribution in [0.25, 0.3) is 33.4 Å². The summed E-state index contributed by atoms with van der Waals surface area (Å²) in [5.74, 6) is 0. The Kier molecular flexibility index (Phi) is 8.56. The fourth-order valence-electron chi connectivity index (χ4n) is 11.2. The molecule has 0 N–H and O–H groups in total. The molecule has 5 aromatic heterocycles. The van der Waals surface area contributed by atoms with Crippen molar-refractivity contribution < 1.29 is 25.6 Å². The normalized spacial score (nSPS) is 19.4. The number of pyridine rings is 4. The number of nitrogens with zero attached hydrogens (tertiary/aromatic N) is 6. The van der Waals surface area contributed by atoms with Crippen molar-refractivity contribution in [2.45, 2.75) is 16.4 Å². The van der Waals surface area contributed by atoms with Crippen LogP contribution in [0.5, 0.6) is 0 Å². The molecule has 0 bridgehead atoms. The van der Waals surface area contributed by atoms with E-state index in [0.29, 0.717) is 0 Å². The van der Waals surface area contributed by atoms with Gasteiger partial charge in [-0.05, 0) is 70.5 Å². The van der Waals surface area contributed by atoms with E-state index < -0.39 is 16.4 Å². The van der Waals surface area contributed by atoms with Crippen molar-refractivity contribution >= 4 is 0 Å². The standard InChI is InChI=1S/C57H36N6.Pt/c1-62-33-34-63(37-62)57(50-27-7-4-21-44(50)47-24-14-32-61-54(47)57)41-18-11-16-39(36-41)55(48-25-5-2-19-42(48)45-22-12-30-59-52(45)55)38-15-10-17-40(35-38)56(51-28-8-9-29-58-51)49-26-6-3-20-43(49)46-23-13-31-60-53(46)56;/h2-34H,1H3;/q-2;. The van der Waals surface area contributed by atoms with E-state index in [1.165, 1.54) is 0 Å². The Balaban J connectivity index is 0.00000433. The third-order valence-electron chi connectivity index (χ3n) is 13.6. The molecule has 64 heavy (non-hydrogen) atoms. The van der Waals surface area contributed by atoms with Gasteiger partial charge in [-0.25, -0.2) is 0 Å². The number of hydrogen-bond donors (Lipinski definition) is 0. The van der Waals surface area contributed by atoms with Crippen molar-refractivity contribution in [2.75, 3.05) is 0 Å². The molecule has 5 aromatic carbocycles. The van der Waals surface area contributed by atoms with Crippen molar-refractivity contribution in [1.29, 1.82) is 0 Å². The van der Waals surface area contributed by atoms with Gasteiger partial charge in [0, 0.05) is 73.5 Å². The van der Waals surface area contributed by atoms with E-state index in [2.05, 4.69) is 169 Å². The van der Waals surface area contributed by atoms with E-state index in [-0.39, 0.29) is 21.1 Å². The minimum Gasteiger partial charge on any atom is -0.354 e. The van der Waals surface area contributed by atoms with Crippen molar-refractivity contribution in [3.8, 4) is 33.4 Å². The van der Waals surface area contributed by atoms with Crippen LogP contribution in [-0.2, 0) is 44.5 Å². The molecule has 0 spiro atoms. The summed E-state index contributed by atoms with van der Waals surface area (Å²) in [6, 6.07) is 66.3. The van der Waals surface area contributed by atoms with Crippen LogP contribution in [0.1, 0.15) is 61.7 Å². The fraction of sp³-hybridized carbons (Fsp3) is 0.0702. The predicted octanol–water partition coefficient (Wildman–Crippen LogP) is 9.84. The molecule has 10 aromatic rings. The summed E-state index contributed by atoms with van der Waals surface area (Å²) in [6.07, 6.45) is 15.3. The van der Waals surface area contributed by atoms with Gasteiger partial charge in [-0.3, -0.25) is 19.9 Å². The van der Waals surface area contributed by atoms with E-state index >= 15 is 0 Å².